The molecule has 2 aromatic heterocycles. The second-order valence-electron chi connectivity index (χ2n) is 6.21. The Labute approximate surface area is 158 Å². The molecule has 1 aliphatic rings. The molecule has 0 saturated carbocycles. The van der Waals surface area contributed by atoms with Crippen molar-refractivity contribution in [3.05, 3.63) is 45.4 Å². The zero-order valence-electron chi connectivity index (χ0n) is 14.3. The molecule has 11 heteroatoms. The molecule has 27 heavy (non-hydrogen) atoms. The minimum atomic E-state index is -3.27. The smallest absolute Gasteiger partial charge is 0.408 e. The number of rotatable bonds is 4. The number of oxazole rings is 1. The fourth-order valence-electron chi connectivity index (χ4n) is 2.97. The van der Waals surface area contributed by atoms with Crippen LogP contribution in [0.25, 0.3) is 11.1 Å². The molecule has 0 atom stereocenters. The van der Waals surface area contributed by atoms with Gasteiger partial charge in [-0.25, -0.2) is 18.2 Å². The maximum atomic E-state index is 12.4. The van der Waals surface area contributed by atoms with E-state index in [1.165, 1.54) is 26.5 Å². The number of amides is 1. The van der Waals surface area contributed by atoms with Gasteiger partial charge in [-0.15, -0.1) is 11.3 Å². The van der Waals surface area contributed by atoms with Crippen molar-refractivity contribution in [3.8, 4) is 0 Å². The van der Waals surface area contributed by atoms with Crippen molar-refractivity contribution in [2.45, 2.75) is 19.5 Å². The third-order valence-electron chi connectivity index (χ3n) is 4.29. The van der Waals surface area contributed by atoms with Crippen molar-refractivity contribution in [2.75, 3.05) is 18.1 Å². The minimum absolute atomic E-state index is 0.199. The Morgan fingerprint density at radius 3 is 2.93 bits per heavy atom. The van der Waals surface area contributed by atoms with Crippen LogP contribution in [0.5, 0.6) is 0 Å². The Hall–Kier alpha value is -2.50. The molecule has 0 fully saturated rings. The molecule has 0 radical (unpaired) electrons. The van der Waals surface area contributed by atoms with Crippen LogP contribution in [-0.4, -0.2) is 41.0 Å². The number of carbonyl (C=O) groups is 1. The summed E-state index contributed by atoms with van der Waals surface area (Å²) >= 11 is 1.24. The number of thiazole rings is 1. The maximum absolute atomic E-state index is 12.4. The first-order valence-electron chi connectivity index (χ1n) is 8.13. The van der Waals surface area contributed by atoms with Crippen molar-refractivity contribution in [1.29, 1.82) is 0 Å². The lowest BCUT2D eigenvalue weighted by atomic mass is 10.2. The third kappa shape index (κ3) is 3.53. The van der Waals surface area contributed by atoms with Gasteiger partial charge in [0.1, 0.15) is 6.54 Å². The van der Waals surface area contributed by atoms with Gasteiger partial charge in [0.15, 0.2) is 10.7 Å². The van der Waals surface area contributed by atoms with Crippen LogP contribution >= 0.6 is 11.3 Å². The summed E-state index contributed by atoms with van der Waals surface area (Å²) < 4.78 is 31.1. The maximum Gasteiger partial charge on any atom is 0.420 e. The summed E-state index contributed by atoms with van der Waals surface area (Å²) in [4.78, 5) is 29.5. The quantitative estimate of drug-likeness (QED) is 0.689. The molecule has 1 aliphatic heterocycles. The van der Waals surface area contributed by atoms with E-state index < -0.39 is 21.7 Å². The summed E-state index contributed by atoms with van der Waals surface area (Å²) in [6.07, 6.45) is 1.68. The molecular formula is C16H16N4O5S2. The average Bonchev–Trinajstić information content (AvgIpc) is 3.14. The number of fused-ring (bicyclic) bond motifs is 2. The lowest BCUT2D eigenvalue weighted by molar-refractivity contribution is -0.116. The molecule has 1 N–H and O–H groups in total. The Balaban J connectivity index is 1.50. The Morgan fingerprint density at radius 2 is 2.15 bits per heavy atom. The van der Waals surface area contributed by atoms with Crippen LogP contribution in [0, 0.1) is 0 Å². The molecular weight excluding hydrogens is 392 g/mol. The summed E-state index contributed by atoms with van der Waals surface area (Å²) in [6, 6.07) is 6.87. The van der Waals surface area contributed by atoms with Gasteiger partial charge in [0.25, 0.3) is 0 Å². The predicted molar refractivity (Wildman–Crippen MR) is 100 cm³/mol. The zero-order valence-corrected chi connectivity index (χ0v) is 16.0. The van der Waals surface area contributed by atoms with Gasteiger partial charge in [-0.2, -0.15) is 4.31 Å². The second-order valence-corrected chi connectivity index (χ2v) is 9.27. The second kappa shape index (κ2) is 6.59. The lowest BCUT2D eigenvalue weighted by Crippen LogP contribution is -2.34. The molecule has 142 valence electrons. The first kappa shape index (κ1) is 17.9. The number of nitrogens with zero attached hydrogens (tertiary/aromatic N) is 3. The first-order chi connectivity index (χ1) is 12.8. The van der Waals surface area contributed by atoms with Gasteiger partial charge in [0.2, 0.25) is 15.9 Å². The molecule has 0 aliphatic carbocycles. The summed E-state index contributed by atoms with van der Waals surface area (Å²) in [6.45, 7) is 0.433. The standard InChI is InChI=1S/C16H16N4O5S2/c1-27(23,24)19-7-6-10-13(8-19)26-15(17-10)18-14(21)9-20-11-4-2-3-5-12(11)25-16(20)22/h2-5H,6-9H2,1H3,(H,17,18,21). The predicted octanol–water partition coefficient (Wildman–Crippen LogP) is 1.01. The summed E-state index contributed by atoms with van der Waals surface area (Å²) in [7, 11) is -3.27. The SMILES string of the molecule is CS(=O)(=O)N1CCc2nc(NC(=O)Cn3c(=O)oc4ccccc43)sc2C1. The number of para-hydroxylation sites is 2. The highest BCUT2D eigenvalue weighted by Crippen LogP contribution is 2.29. The molecule has 3 aromatic rings. The summed E-state index contributed by atoms with van der Waals surface area (Å²) in [5.41, 5.74) is 1.75. The molecule has 3 heterocycles. The van der Waals surface area contributed by atoms with Gasteiger partial charge < -0.3 is 9.73 Å². The van der Waals surface area contributed by atoms with Crippen LogP contribution in [0.1, 0.15) is 10.6 Å². The number of hydrogen-bond acceptors (Lipinski definition) is 7. The zero-order chi connectivity index (χ0) is 19.2. The van der Waals surface area contributed by atoms with Crippen LogP contribution in [-0.2, 0) is 34.3 Å². The van der Waals surface area contributed by atoms with Gasteiger partial charge in [0.05, 0.1) is 17.5 Å². The van der Waals surface area contributed by atoms with Crippen LogP contribution in [0.3, 0.4) is 0 Å². The van der Waals surface area contributed by atoms with Crippen molar-refractivity contribution >= 4 is 43.5 Å². The van der Waals surface area contributed by atoms with Crippen molar-refractivity contribution < 1.29 is 17.6 Å². The van der Waals surface area contributed by atoms with E-state index in [1.807, 2.05) is 0 Å². The molecule has 0 saturated heterocycles. The van der Waals surface area contributed by atoms with Gasteiger partial charge in [-0.1, -0.05) is 12.1 Å². The monoisotopic (exact) mass is 408 g/mol. The van der Waals surface area contributed by atoms with Gasteiger partial charge in [0, 0.05) is 24.4 Å². The molecule has 1 amide bonds. The van der Waals surface area contributed by atoms with E-state index in [2.05, 4.69) is 10.3 Å². The molecule has 4 rings (SSSR count). The van der Waals surface area contributed by atoms with E-state index >= 15 is 0 Å². The number of anilines is 1. The topological polar surface area (TPSA) is 115 Å². The first-order valence-corrected chi connectivity index (χ1v) is 10.8. The fraction of sp³-hybridized carbons (Fsp3) is 0.312. The van der Waals surface area contributed by atoms with Crippen molar-refractivity contribution in [3.63, 3.8) is 0 Å². The molecule has 0 bridgehead atoms. The van der Waals surface area contributed by atoms with Gasteiger partial charge in [-0.05, 0) is 12.1 Å². The van der Waals surface area contributed by atoms with Crippen LogP contribution in [0.2, 0.25) is 0 Å². The molecule has 0 unspecified atom stereocenters. The molecule has 1 aromatic carbocycles. The van der Waals surface area contributed by atoms with Crippen molar-refractivity contribution in [2.24, 2.45) is 0 Å². The van der Waals surface area contributed by atoms with E-state index in [9.17, 15) is 18.0 Å². The number of aromatic nitrogens is 2. The van der Waals surface area contributed by atoms with E-state index in [-0.39, 0.29) is 13.1 Å². The normalized spacial score (nSPS) is 15.0. The molecule has 9 nitrogen and oxygen atoms in total. The largest absolute Gasteiger partial charge is 0.420 e. The Bertz CT molecular complexity index is 1190. The summed E-state index contributed by atoms with van der Waals surface area (Å²) in [5.74, 6) is -1.01. The van der Waals surface area contributed by atoms with E-state index in [0.29, 0.717) is 29.2 Å². The van der Waals surface area contributed by atoms with Crippen LogP contribution < -0.4 is 11.1 Å². The van der Waals surface area contributed by atoms with Gasteiger partial charge in [-0.3, -0.25) is 9.36 Å². The lowest BCUT2D eigenvalue weighted by Gasteiger charge is -2.23. The van der Waals surface area contributed by atoms with Crippen LogP contribution in [0.4, 0.5) is 5.13 Å². The number of nitrogens with one attached hydrogen (secondary N) is 1. The number of hydrogen-bond donors (Lipinski definition) is 1. The number of benzene rings is 1. The van der Waals surface area contributed by atoms with Crippen molar-refractivity contribution in [1.82, 2.24) is 13.9 Å². The van der Waals surface area contributed by atoms with Crippen LogP contribution in [0.15, 0.2) is 33.5 Å². The van der Waals surface area contributed by atoms with Gasteiger partial charge >= 0.3 is 5.76 Å². The average molecular weight is 408 g/mol. The Kier molecular flexibility index (Phi) is 4.36. The van der Waals surface area contributed by atoms with E-state index in [1.54, 1.807) is 24.3 Å². The Morgan fingerprint density at radius 1 is 1.37 bits per heavy atom. The third-order valence-corrected chi connectivity index (χ3v) is 6.53. The highest BCUT2D eigenvalue weighted by Gasteiger charge is 2.26. The number of sulfonamides is 1. The highest BCUT2D eigenvalue weighted by molar-refractivity contribution is 7.88. The summed E-state index contributed by atoms with van der Waals surface area (Å²) in [5, 5.41) is 3.07. The number of carbonyl (C=O) groups excluding carboxylic acids is 1. The van der Waals surface area contributed by atoms with E-state index in [0.717, 1.165) is 10.6 Å². The van der Waals surface area contributed by atoms with E-state index in [4.69, 9.17) is 4.42 Å². The fourth-order valence-corrected chi connectivity index (χ4v) is 4.88. The minimum Gasteiger partial charge on any atom is -0.408 e. The molecule has 0 spiro atoms. The highest BCUT2D eigenvalue weighted by atomic mass is 32.2.